The van der Waals surface area contributed by atoms with Crippen LogP contribution in [0, 0.1) is 17.0 Å². The van der Waals surface area contributed by atoms with Crippen molar-refractivity contribution < 1.29 is 9.66 Å². The zero-order chi connectivity index (χ0) is 12.0. The van der Waals surface area contributed by atoms with Gasteiger partial charge in [-0.3, -0.25) is 10.1 Å². The van der Waals surface area contributed by atoms with Crippen molar-refractivity contribution in [3.05, 3.63) is 27.9 Å². The molecule has 0 spiro atoms. The van der Waals surface area contributed by atoms with Crippen molar-refractivity contribution in [2.75, 3.05) is 19.0 Å². The van der Waals surface area contributed by atoms with Gasteiger partial charge in [-0.2, -0.15) is 0 Å². The molecule has 5 nitrogen and oxygen atoms in total. The standard InChI is InChI=1S/C10H14N2O3S/c1-3-15-6-7-16-10-5-4-9(12(13)14)8(2)11-10/h4-5H,3,6-7H2,1-2H3. The average molecular weight is 242 g/mol. The molecule has 0 radical (unpaired) electrons. The maximum Gasteiger partial charge on any atom is 0.290 e. The summed E-state index contributed by atoms with van der Waals surface area (Å²) in [6.45, 7) is 4.95. The molecule has 1 aromatic heterocycles. The van der Waals surface area contributed by atoms with E-state index in [1.807, 2.05) is 6.92 Å². The van der Waals surface area contributed by atoms with E-state index in [9.17, 15) is 10.1 Å². The molecule has 0 aliphatic rings. The Bertz CT molecular complexity index is 371. The lowest BCUT2D eigenvalue weighted by Gasteiger charge is -2.02. The Hall–Kier alpha value is -1.14. The molecule has 0 aliphatic carbocycles. The Balaban J connectivity index is 2.56. The second-order valence-corrected chi connectivity index (χ2v) is 4.17. The first-order chi connectivity index (χ1) is 7.65. The van der Waals surface area contributed by atoms with E-state index in [4.69, 9.17) is 4.74 Å². The molecule has 1 heterocycles. The summed E-state index contributed by atoms with van der Waals surface area (Å²) < 4.78 is 5.19. The second-order valence-electron chi connectivity index (χ2n) is 3.06. The molecular formula is C10H14N2O3S. The fourth-order valence-electron chi connectivity index (χ4n) is 1.15. The average Bonchev–Trinajstić information content (AvgIpc) is 2.24. The van der Waals surface area contributed by atoms with Crippen LogP contribution in [0.25, 0.3) is 0 Å². The minimum Gasteiger partial charge on any atom is -0.381 e. The molecule has 6 heteroatoms. The van der Waals surface area contributed by atoms with Crippen LogP contribution in [0.15, 0.2) is 17.2 Å². The third-order valence-electron chi connectivity index (χ3n) is 1.91. The molecule has 16 heavy (non-hydrogen) atoms. The lowest BCUT2D eigenvalue weighted by atomic mass is 10.3. The molecular weight excluding hydrogens is 228 g/mol. The Morgan fingerprint density at radius 1 is 1.56 bits per heavy atom. The van der Waals surface area contributed by atoms with Gasteiger partial charge in [0.25, 0.3) is 5.69 Å². The molecule has 0 bridgehead atoms. The summed E-state index contributed by atoms with van der Waals surface area (Å²) >= 11 is 1.54. The van der Waals surface area contributed by atoms with Crippen LogP contribution in [0.5, 0.6) is 0 Å². The highest BCUT2D eigenvalue weighted by atomic mass is 32.2. The number of thioether (sulfide) groups is 1. The number of hydrogen-bond acceptors (Lipinski definition) is 5. The number of rotatable bonds is 6. The summed E-state index contributed by atoms with van der Waals surface area (Å²) in [6.07, 6.45) is 0. The molecule has 0 saturated heterocycles. The van der Waals surface area contributed by atoms with Crippen molar-refractivity contribution in [1.29, 1.82) is 0 Å². The van der Waals surface area contributed by atoms with E-state index < -0.39 is 4.92 Å². The molecule has 0 aliphatic heterocycles. The third kappa shape index (κ3) is 3.79. The maximum atomic E-state index is 10.6. The number of nitro groups is 1. The van der Waals surface area contributed by atoms with E-state index in [-0.39, 0.29) is 5.69 Å². The van der Waals surface area contributed by atoms with Crippen molar-refractivity contribution in [3.8, 4) is 0 Å². The number of ether oxygens (including phenoxy) is 1. The molecule has 0 unspecified atom stereocenters. The fourth-order valence-corrected chi connectivity index (χ4v) is 1.93. The Kier molecular flexibility index (Phi) is 5.21. The van der Waals surface area contributed by atoms with Gasteiger partial charge >= 0.3 is 0 Å². The van der Waals surface area contributed by atoms with E-state index in [0.717, 1.165) is 10.8 Å². The number of aromatic nitrogens is 1. The second kappa shape index (κ2) is 6.44. The highest BCUT2D eigenvalue weighted by molar-refractivity contribution is 7.99. The van der Waals surface area contributed by atoms with E-state index in [0.29, 0.717) is 18.9 Å². The minimum absolute atomic E-state index is 0.0640. The Morgan fingerprint density at radius 2 is 2.31 bits per heavy atom. The van der Waals surface area contributed by atoms with Crippen LogP contribution in [0.1, 0.15) is 12.6 Å². The van der Waals surface area contributed by atoms with Gasteiger partial charge in [0, 0.05) is 18.4 Å². The van der Waals surface area contributed by atoms with Gasteiger partial charge in [-0.25, -0.2) is 4.98 Å². The third-order valence-corrected chi connectivity index (χ3v) is 2.80. The molecule has 1 rings (SSSR count). The summed E-state index contributed by atoms with van der Waals surface area (Å²) in [5.41, 5.74) is 0.514. The van der Waals surface area contributed by atoms with Gasteiger partial charge in [-0.15, -0.1) is 11.8 Å². The Labute approximate surface area is 98.4 Å². The van der Waals surface area contributed by atoms with Gasteiger partial charge in [0.1, 0.15) is 5.69 Å². The van der Waals surface area contributed by atoms with Gasteiger partial charge in [0.05, 0.1) is 16.6 Å². The number of hydrogen-bond donors (Lipinski definition) is 0. The first-order valence-corrected chi connectivity index (χ1v) is 5.96. The lowest BCUT2D eigenvalue weighted by molar-refractivity contribution is -0.385. The highest BCUT2D eigenvalue weighted by Gasteiger charge is 2.11. The summed E-state index contributed by atoms with van der Waals surface area (Å²) in [5, 5.41) is 11.4. The van der Waals surface area contributed by atoms with Gasteiger partial charge in [-0.1, -0.05) is 0 Å². The zero-order valence-electron chi connectivity index (χ0n) is 9.30. The van der Waals surface area contributed by atoms with E-state index in [1.54, 1.807) is 13.0 Å². The van der Waals surface area contributed by atoms with Crippen LogP contribution < -0.4 is 0 Å². The van der Waals surface area contributed by atoms with Crippen molar-refractivity contribution in [1.82, 2.24) is 4.98 Å². The smallest absolute Gasteiger partial charge is 0.290 e. The van der Waals surface area contributed by atoms with Crippen LogP contribution >= 0.6 is 11.8 Å². The molecule has 88 valence electrons. The predicted molar refractivity (Wildman–Crippen MR) is 62.8 cm³/mol. The first kappa shape index (κ1) is 12.9. The van der Waals surface area contributed by atoms with Crippen LogP contribution in [0.4, 0.5) is 5.69 Å². The molecule has 0 aromatic carbocycles. The minimum atomic E-state index is -0.420. The number of nitrogens with zero attached hydrogens (tertiary/aromatic N) is 2. The van der Waals surface area contributed by atoms with E-state index >= 15 is 0 Å². The molecule has 0 atom stereocenters. The summed E-state index contributed by atoms with van der Waals surface area (Å²) in [5.74, 6) is 0.804. The molecule has 0 saturated carbocycles. The zero-order valence-corrected chi connectivity index (χ0v) is 10.1. The van der Waals surface area contributed by atoms with Crippen LogP contribution in [-0.4, -0.2) is 28.9 Å². The SMILES string of the molecule is CCOCCSc1ccc([N+](=O)[O-])c(C)n1. The van der Waals surface area contributed by atoms with Crippen LogP contribution in [-0.2, 0) is 4.74 Å². The molecule has 0 N–H and O–H groups in total. The first-order valence-electron chi connectivity index (χ1n) is 4.97. The van der Waals surface area contributed by atoms with Crippen LogP contribution in [0.2, 0.25) is 0 Å². The maximum absolute atomic E-state index is 10.6. The van der Waals surface area contributed by atoms with E-state index in [2.05, 4.69) is 4.98 Å². The van der Waals surface area contributed by atoms with Gasteiger partial charge < -0.3 is 4.74 Å². The molecule has 0 amide bonds. The van der Waals surface area contributed by atoms with Crippen molar-refractivity contribution in [2.45, 2.75) is 18.9 Å². The Morgan fingerprint density at radius 3 is 2.88 bits per heavy atom. The topological polar surface area (TPSA) is 65.3 Å². The predicted octanol–water partition coefficient (Wildman–Crippen LogP) is 2.43. The number of aryl methyl sites for hydroxylation is 1. The fraction of sp³-hybridized carbons (Fsp3) is 0.500. The van der Waals surface area contributed by atoms with Gasteiger partial charge in [0.2, 0.25) is 0 Å². The normalized spacial score (nSPS) is 10.4. The quantitative estimate of drug-likeness (QED) is 0.332. The molecule has 0 fully saturated rings. The molecule has 1 aromatic rings. The van der Waals surface area contributed by atoms with Crippen molar-refractivity contribution >= 4 is 17.4 Å². The van der Waals surface area contributed by atoms with Gasteiger partial charge in [-0.05, 0) is 19.9 Å². The summed E-state index contributed by atoms with van der Waals surface area (Å²) in [7, 11) is 0. The summed E-state index contributed by atoms with van der Waals surface area (Å²) in [6, 6.07) is 3.16. The monoisotopic (exact) mass is 242 g/mol. The highest BCUT2D eigenvalue weighted by Crippen LogP contribution is 2.21. The van der Waals surface area contributed by atoms with Crippen molar-refractivity contribution in [2.24, 2.45) is 0 Å². The lowest BCUT2D eigenvalue weighted by Crippen LogP contribution is -1.98. The van der Waals surface area contributed by atoms with Crippen LogP contribution in [0.3, 0.4) is 0 Å². The van der Waals surface area contributed by atoms with E-state index in [1.165, 1.54) is 17.8 Å². The van der Waals surface area contributed by atoms with Gasteiger partial charge in [0.15, 0.2) is 0 Å². The summed E-state index contributed by atoms with van der Waals surface area (Å²) in [4.78, 5) is 14.3. The van der Waals surface area contributed by atoms with Crippen molar-refractivity contribution in [3.63, 3.8) is 0 Å². The number of pyridine rings is 1. The largest absolute Gasteiger partial charge is 0.381 e.